The summed E-state index contributed by atoms with van der Waals surface area (Å²) in [5.41, 5.74) is 0.238. The third-order valence-electron chi connectivity index (χ3n) is 8.08. The highest BCUT2D eigenvalue weighted by atomic mass is 35.5. The molecule has 1 aromatic heterocycles. The third-order valence-corrected chi connectivity index (χ3v) is 8.33. The molecule has 0 bridgehead atoms. The van der Waals surface area contributed by atoms with Crippen molar-refractivity contribution in [3.8, 4) is 17.2 Å². The van der Waals surface area contributed by atoms with Gasteiger partial charge in [-0.3, -0.25) is 9.59 Å². The summed E-state index contributed by atoms with van der Waals surface area (Å²) in [5.74, 6) is 0.882. The van der Waals surface area contributed by atoms with Crippen LogP contribution in [0.3, 0.4) is 0 Å². The van der Waals surface area contributed by atoms with E-state index in [2.05, 4.69) is 0 Å². The molecule has 2 fully saturated rings. The van der Waals surface area contributed by atoms with Gasteiger partial charge in [0.1, 0.15) is 22.8 Å². The van der Waals surface area contributed by atoms with Crippen molar-refractivity contribution in [2.75, 3.05) is 31.6 Å². The summed E-state index contributed by atoms with van der Waals surface area (Å²) in [6.45, 7) is 5.11. The minimum absolute atomic E-state index is 0.0146. The van der Waals surface area contributed by atoms with Crippen molar-refractivity contribution in [2.24, 2.45) is 5.41 Å². The largest absolute Gasteiger partial charge is 0.489 e. The zero-order valence-electron chi connectivity index (χ0n) is 23.7. The Labute approximate surface area is 248 Å². The van der Waals surface area contributed by atoms with E-state index in [-0.39, 0.29) is 46.5 Å². The van der Waals surface area contributed by atoms with Gasteiger partial charge in [0.2, 0.25) is 5.95 Å². The Balaban J connectivity index is 1.21. The summed E-state index contributed by atoms with van der Waals surface area (Å²) in [4.78, 5) is 35.0. The zero-order chi connectivity index (χ0) is 29.6. The molecule has 4 aromatic rings. The average molecular weight is 591 g/mol. The second kappa shape index (κ2) is 10.9. The van der Waals surface area contributed by atoms with Gasteiger partial charge in [0.25, 0.3) is 11.5 Å². The fourth-order valence-corrected chi connectivity index (χ4v) is 6.08. The van der Waals surface area contributed by atoms with Gasteiger partial charge in [-0.2, -0.15) is 0 Å². The molecule has 1 spiro atoms. The van der Waals surface area contributed by atoms with Crippen LogP contribution in [0.15, 0.2) is 71.5 Å². The molecular formula is C32H32ClFN4O4. The summed E-state index contributed by atoms with van der Waals surface area (Å²) in [6.07, 6.45) is 1.53. The molecule has 2 aliphatic rings. The molecule has 1 aliphatic carbocycles. The van der Waals surface area contributed by atoms with Gasteiger partial charge in [0.15, 0.2) is 6.61 Å². The number of ether oxygens (including phenoxy) is 2. The number of para-hydroxylation sites is 3. The van der Waals surface area contributed by atoms with E-state index in [1.54, 1.807) is 30.3 Å². The van der Waals surface area contributed by atoms with E-state index >= 15 is 0 Å². The lowest BCUT2D eigenvalue weighted by Crippen LogP contribution is -2.68. The molecule has 0 atom stereocenters. The number of amides is 1. The monoisotopic (exact) mass is 590 g/mol. The lowest BCUT2D eigenvalue weighted by molar-refractivity contribution is -0.153. The van der Waals surface area contributed by atoms with Crippen LogP contribution in [0.2, 0.25) is 5.02 Å². The Hall–Kier alpha value is -4.11. The fraction of sp³-hybridized carbons (Fsp3) is 0.344. The molecule has 0 unspecified atom stereocenters. The number of halogens is 2. The standard InChI is InChI=1S/C32H32ClFN4O4/c1-20(2)42-27-10-5-4-9-26(27)38-30(40)24-7-6-8-25(34)29(24)35-31(38)36(3)22-15-32(16-22)18-37(19-32)28(39)17-41-23-13-11-21(33)12-14-23/h4-14,20,22H,15-19H2,1-3H3. The Morgan fingerprint density at radius 2 is 1.81 bits per heavy atom. The van der Waals surface area contributed by atoms with Crippen LogP contribution in [0.4, 0.5) is 10.3 Å². The van der Waals surface area contributed by atoms with E-state index in [9.17, 15) is 14.0 Å². The quantitative estimate of drug-likeness (QED) is 0.271. The van der Waals surface area contributed by atoms with Crippen molar-refractivity contribution >= 4 is 34.4 Å². The number of fused-ring (bicyclic) bond motifs is 1. The SMILES string of the molecule is CC(C)Oc1ccccc1-n1c(N(C)C2CC3(C2)CN(C(=O)COc2ccc(Cl)cc2)C3)nc2c(F)cccc2c1=O. The first-order valence-electron chi connectivity index (χ1n) is 14.0. The van der Waals surface area contributed by atoms with Crippen molar-refractivity contribution < 1.29 is 18.7 Å². The molecule has 1 saturated heterocycles. The molecule has 8 nitrogen and oxygen atoms in total. The fourth-order valence-electron chi connectivity index (χ4n) is 5.95. The van der Waals surface area contributed by atoms with Crippen LogP contribution in [0.5, 0.6) is 11.5 Å². The Morgan fingerprint density at radius 3 is 2.52 bits per heavy atom. The molecule has 2 heterocycles. The van der Waals surface area contributed by atoms with Gasteiger partial charge >= 0.3 is 0 Å². The Bertz CT molecular complexity index is 1690. The zero-order valence-corrected chi connectivity index (χ0v) is 24.5. The van der Waals surface area contributed by atoms with Gasteiger partial charge in [-0.05, 0) is 75.2 Å². The van der Waals surface area contributed by atoms with E-state index in [0.717, 1.165) is 12.8 Å². The van der Waals surface area contributed by atoms with Crippen LogP contribution in [0, 0.1) is 11.2 Å². The number of carbonyl (C=O) groups is 1. The van der Waals surface area contributed by atoms with E-state index < -0.39 is 5.82 Å². The van der Waals surface area contributed by atoms with Gasteiger partial charge in [0, 0.05) is 36.6 Å². The number of aromatic nitrogens is 2. The molecular weight excluding hydrogens is 559 g/mol. The van der Waals surface area contributed by atoms with Gasteiger partial charge < -0.3 is 19.3 Å². The summed E-state index contributed by atoms with van der Waals surface area (Å²) < 4.78 is 28.1. The smallest absolute Gasteiger partial charge is 0.267 e. The van der Waals surface area contributed by atoms with Crippen molar-refractivity contribution in [3.05, 3.63) is 87.9 Å². The summed E-state index contributed by atoms with van der Waals surface area (Å²) in [5, 5.41) is 0.808. The lowest BCUT2D eigenvalue weighted by atomic mass is 9.60. The number of benzene rings is 3. The third kappa shape index (κ3) is 5.17. The number of hydrogen-bond acceptors (Lipinski definition) is 6. The number of anilines is 1. The van der Waals surface area contributed by atoms with E-state index in [1.807, 2.05) is 55.0 Å². The highest BCUT2D eigenvalue weighted by Gasteiger charge is 2.55. The maximum Gasteiger partial charge on any atom is 0.267 e. The highest BCUT2D eigenvalue weighted by Crippen LogP contribution is 2.50. The predicted octanol–water partition coefficient (Wildman–Crippen LogP) is 5.47. The van der Waals surface area contributed by atoms with Crippen LogP contribution in [0.1, 0.15) is 26.7 Å². The average Bonchev–Trinajstić information content (AvgIpc) is 2.92. The van der Waals surface area contributed by atoms with Gasteiger partial charge in [-0.1, -0.05) is 29.8 Å². The maximum absolute atomic E-state index is 14.9. The van der Waals surface area contributed by atoms with Gasteiger partial charge in [-0.15, -0.1) is 0 Å². The first-order chi connectivity index (χ1) is 20.1. The highest BCUT2D eigenvalue weighted by molar-refractivity contribution is 6.30. The predicted molar refractivity (Wildman–Crippen MR) is 160 cm³/mol. The molecule has 42 heavy (non-hydrogen) atoms. The molecule has 0 radical (unpaired) electrons. The minimum Gasteiger partial charge on any atom is -0.489 e. The molecule has 1 aliphatic heterocycles. The van der Waals surface area contributed by atoms with E-state index in [1.165, 1.54) is 16.7 Å². The number of carbonyl (C=O) groups excluding carboxylic acids is 1. The topological polar surface area (TPSA) is 76.9 Å². The van der Waals surface area contributed by atoms with Crippen LogP contribution in [-0.4, -0.2) is 59.2 Å². The Morgan fingerprint density at radius 1 is 1.10 bits per heavy atom. The van der Waals surface area contributed by atoms with Crippen LogP contribution in [0.25, 0.3) is 16.6 Å². The van der Waals surface area contributed by atoms with Crippen LogP contribution >= 0.6 is 11.6 Å². The first kappa shape index (κ1) is 28.0. The van der Waals surface area contributed by atoms with Gasteiger partial charge in [0.05, 0.1) is 17.2 Å². The number of nitrogens with zero attached hydrogens (tertiary/aromatic N) is 4. The number of hydrogen-bond donors (Lipinski definition) is 0. The van der Waals surface area contributed by atoms with Crippen molar-refractivity contribution in [1.82, 2.24) is 14.5 Å². The summed E-state index contributed by atoms with van der Waals surface area (Å²) in [6, 6.07) is 18.7. The molecule has 218 valence electrons. The number of likely N-dealkylation sites (tertiary alicyclic amines) is 1. The van der Waals surface area contributed by atoms with Crippen LogP contribution < -0.4 is 19.9 Å². The van der Waals surface area contributed by atoms with Crippen molar-refractivity contribution in [1.29, 1.82) is 0 Å². The molecule has 1 amide bonds. The molecule has 0 N–H and O–H groups in total. The van der Waals surface area contributed by atoms with Crippen LogP contribution in [-0.2, 0) is 4.79 Å². The second-order valence-electron chi connectivity index (χ2n) is 11.5. The summed E-state index contributed by atoms with van der Waals surface area (Å²) >= 11 is 5.91. The molecule has 10 heteroatoms. The molecule has 6 rings (SSSR count). The van der Waals surface area contributed by atoms with Crippen molar-refractivity contribution in [2.45, 2.75) is 38.8 Å². The normalized spacial score (nSPS) is 15.9. The maximum atomic E-state index is 14.9. The summed E-state index contributed by atoms with van der Waals surface area (Å²) in [7, 11) is 1.88. The lowest BCUT2D eigenvalue weighted by Gasteiger charge is -2.60. The second-order valence-corrected chi connectivity index (χ2v) is 11.9. The van der Waals surface area contributed by atoms with E-state index in [4.69, 9.17) is 26.1 Å². The van der Waals surface area contributed by atoms with Gasteiger partial charge in [-0.25, -0.2) is 13.9 Å². The molecule has 1 saturated carbocycles. The molecule has 3 aromatic carbocycles. The number of rotatable bonds is 8. The Kier molecular flexibility index (Phi) is 7.30. The van der Waals surface area contributed by atoms with E-state index in [0.29, 0.717) is 41.2 Å². The first-order valence-corrected chi connectivity index (χ1v) is 14.4. The van der Waals surface area contributed by atoms with Crippen molar-refractivity contribution in [3.63, 3.8) is 0 Å². The minimum atomic E-state index is -0.544.